The van der Waals surface area contributed by atoms with Gasteiger partial charge in [-0.15, -0.1) is 0 Å². The molecule has 0 amide bonds. The van der Waals surface area contributed by atoms with Crippen LogP contribution in [0.2, 0.25) is 0 Å². The molecule has 0 saturated heterocycles. The highest BCUT2D eigenvalue weighted by atomic mass is 19.1. The molecule has 3 heteroatoms. The molecular weight excluding hydrogens is 195 g/mol. The van der Waals surface area contributed by atoms with Crippen molar-refractivity contribution in [2.24, 2.45) is 0 Å². The molecule has 0 aromatic heterocycles. The van der Waals surface area contributed by atoms with Crippen molar-refractivity contribution in [2.75, 3.05) is 0 Å². The van der Waals surface area contributed by atoms with Crippen molar-refractivity contribution in [2.45, 2.75) is 32.8 Å². The Kier molecular flexibility index (Phi) is 2.47. The molecule has 0 fully saturated rings. The Morgan fingerprint density at radius 2 is 2.07 bits per heavy atom. The summed E-state index contributed by atoms with van der Waals surface area (Å²) in [6, 6.07) is 3.13. The molecule has 1 aromatic carbocycles. The van der Waals surface area contributed by atoms with E-state index >= 15 is 0 Å². The molecule has 0 bridgehead atoms. The molecule has 0 spiro atoms. The first-order chi connectivity index (χ1) is 7.06. The fourth-order valence-electron chi connectivity index (χ4n) is 1.83. The highest BCUT2D eigenvalue weighted by Crippen LogP contribution is 2.28. The van der Waals surface area contributed by atoms with Crippen molar-refractivity contribution in [3.63, 3.8) is 0 Å². The number of Topliss-reactive ketones (excluding diaryl/α,β-unsaturated/α-hetero) is 1. The molecular formula is C12H13FO2. The molecule has 0 heterocycles. The van der Waals surface area contributed by atoms with Crippen LogP contribution in [0.5, 0.6) is 5.75 Å². The molecule has 0 saturated carbocycles. The average Bonchev–Trinajstić information content (AvgIpc) is 2.44. The Labute approximate surface area is 88.1 Å². The second-order valence-corrected chi connectivity index (χ2v) is 4.10. The third-order valence-electron chi connectivity index (χ3n) is 2.39. The van der Waals surface area contributed by atoms with Crippen LogP contribution in [0.1, 0.15) is 25.0 Å². The van der Waals surface area contributed by atoms with E-state index in [-0.39, 0.29) is 24.1 Å². The number of hydrogen-bond donors (Lipinski definition) is 0. The quantitative estimate of drug-likeness (QED) is 0.745. The van der Waals surface area contributed by atoms with Gasteiger partial charge in [0.2, 0.25) is 0 Å². The van der Waals surface area contributed by atoms with Gasteiger partial charge in [-0.05, 0) is 31.0 Å². The maximum Gasteiger partial charge on any atom is 0.141 e. The van der Waals surface area contributed by atoms with Crippen molar-refractivity contribution in [1.82, 2.24) is 0 Å². The van der Waals surface area contributed by atoms with Crippen molar-refractivity contribution in [3.8, 4) is 5.75 Å². The van der Waals surface area contributed by atoms with Gasteiger partial charge < -0.3 is 4.74 Å². The zero-order valence-corrected chi connectivity index (χ0v) is 8.84. The monoisotopic (exact) mass is 208 g/mol. The van der Waals surface area contributed by atoms with Gasteiger partial charge >= 0.3 is 0 Å². The van der Waals surface area contributed by atoms with E-state index in [1.165, 1.54) is 6.07 Å². The first kappa shape index (κ1) is 10.1. The van der Waals surface area contributed by atoms with Gasteiger partial charge in [0, 0.05) is 18.9 Å². The Morgan fingerprint density at radius 3 is 2.73 bits per heavy atom. The minimum absolute atomic E-state index is 0.0135. The van der Waals surface area contributed by atoms with E-state index in [4.69, 9.17) is 4.74 Å². The van der Waals surface area contributed by atoms with E-state index in [0.29, 0.717) is 17.7 Å². The molecule has 0 unspecified atom stereocenters. The van der Waals surface area contributed by atoms with E-state index in [2.05, 4.69) is 0 Å². The number of hydrogen-bond acceptors (Lipinski definition) is 2. The number of rotatable bonds is 2. The van der Waals surface area contributed by atoms with Gasteiger partial charge in [-0.1, -0.05) is 0 Å². The number of carbonyl (C=O) groups excluding carboxylic acids is 1. The number of fused-ring (bicyclic) bond motifs is 1. The van der Waals surface area contributed by atoms with Gasteiger partial charge in [0.1, 0.15) is 17.3 Å². The third kappa shape index (κ3) is 2.01. The summed E-state index contributed by atoms with van der Waals surface area (Å²) in [7, 11) is 0. The zero-order valence-electron chi connectivity index (χ0n) is 8.84. The molecule has 80 valence electrons. The number of carbonyl (C=O) groups is 1. The molecule has 2 nitrogen and oxygen atoms in total. The van der Waals surface area contributed by atoms with Crippen LogP contribution in [0, 0.1) is 5.82 Å². The summed E-state index contributed by atoms with van der Waals surface area (Å²) in [4.78, 5) is 11.2. The van der Waals surface area contributed by atoms with Crippen molar-refractivity contribution < 1.29 is 13.9 Å². The lowest BCUT2D eigenvalue weighted by atomic mass is 10.1. The number of ether oxygens (including phenoxy) is 1. The summed E-state index contributed by atoms with van der Waals surface area (Å²) in [5, 5.41) is 0. The number of ketones is 1. The second kappa shape index (κ2) is 3.65. The molecule has 0 aliphatic heterocycles. The van der Waals surface area contributed by atoms with Gasteiger partial charge in [-0.25, -0.2) is 4.39 Å². The van der Waals surface area contributed by atoms with E-state index in [0.717, 1.165) is 5.56 Å². The van der Waals surface area contributed by atoms with Crippen molar-refractivity contribution >= 4 is 5.78 Å². The van der Waals surface area contributed by atoms with Crippen LogP contribution in [0.4, 0.5) is 4.39 Å². The van der Waals surface area contributed by atoms with Gasteiger partial charge in [-0.2, -0.15) is 0 Å². The van der Waals surface area contributed by atoms with Crippen LogP contribution < -0.4 is 4.74 Å². The van der Waals surface area contributed by atoms with Crippen LogP contribution in [0.3, 0.4) is 0 Å². The predicted octanol–water partition coefficient (Wildman–Crippen LogP) is 2.28. The summed E-state index contributed by atoms with van der Waals surface area (Å²) >= 11 is 0. The van der Waals surface area contributed by atoms with Gasteiger partial charge in [-0.3, -0.25) is 4.79 Å². The Hall–Kier alpha value is -1.38. The van der Waals surface area contributed by atoms with E-state index < -0.39 is 0 Å². The topological polar surface area (TPSA) is 26.3 Å². The van der Waals surface area contributed by atoms with E-state index in [9.17, 15) is 9.18 Å². The van der Waals surface area contributed by atoms with Crippen LogP contribution in [0.15, 0.2) is 12.1 Å². The van der Waals surface area contributed by atoms with Crippen LogP contribution in [-0.4, -0.2) is 11.9 Å². The molecule has 2 rings (SSSR count). The average molecular weight is 208 g/mol. The fraction of sp³-hybridized carbons (Fsp3) is 0.417. The summed E-state index contributed by atoms with van der Waals surface area (Å²) in [5.41, 5.74) is 1.31. The maximum absolute atomic E-state index is 13.5. The lowest BCUT2D eigenvalue weighted by molar-refractivity contribution is -0.117. The molecule has 1 aliphatic carbocycles. The number of benzene rings is 1. The number of halogens is 1. The third-order valence-corrected chi connectivity index (χ3v) is 2.39. The standard InChI is InChI=1S/C12H13FO2/c1-7(2)15-10-4-8-3-9(14)5-11(8)12(13)6-10/h4,6-7H,3,5H2,1-2H3. The first-order valence-corrected chi connectivity index (χ1v) is 5.06. The normalized spacial score (nSPS) is 14.5. The summed E-state index contributed by atoms with van der Waals surface area (Å²) in [6.07, 6.45) is 0.574. The lowest BCUT2D eigenvalue weighted by Gasteiger charge is -2.11. The minimum Gasteiger partial charge on any atom is -0.491 e. The zero-order chi connectivity index (χ0) is 11.0. The summed E-state index contributed by atoms with van der Waals surface area (Å²) < 4.78 is 18.9. The van der Waals surface area contributed by atoms with Crippen LogP contribution in [-0.2, 0) is 17.6 Å². The summed E-state index contributed by atoms with van der Waals surface area (Å²) in [6.45, 7) is 3.77. The largest absolute Gasteiger partial charge is 0.491 e. The summed E-state index contributed by atoms with van der Waals surface area (Å²) in [5.74, 6) is 0.260. The van der Waals surface area contributed by atoms with Crippen LogP contribution in [0.25, 0.3) is 0 Å². The maximum atomic E-state index is 13.5. The minimum atomic E-state index is -0.325. The smallest absolute Gasteiger partial charge is 0.141 e. The molecule has 1 aliphatic rings. The fourth-order valence-corrected chi connectivity index (χ4v) is 1.83. The Balaban J connectivity index is 2.35. The first-order valence-electron chi connectivity index (χ1n) is 5.06. The Bertz CT molecular complexity index is 410. The molecule has 1 aromatic rings. The Morgan fingerprint density at radius 1 is 1.33 bits per heavy atom. The van der Waals surface area contributed by atoms with E-state index in [1.54, 1.807) is 6.07 Å². The molecule has 0 atom stereocenters. The highest BCUT2D eigenvalue weighted by Gasteiger charge is 2.23. The van der Waals surface area contributed by atoms with Crippen molar-refractivity contribution in [1.29, 1.82) is 0 Å². The van der Waals surface area contributed by atoms with E-state index in [1.807, 2.05) is 13.8 Å². The SMILES string of the molecule is CC(C)Oc1cc(F)c2c(c1)CC(=O)C2. The molecule has 15 heavy (non-hydrogen) atoms. The van der Waals surface area contributed by atoms with Gasteiger partial charge in [0.25, 0.3) is 0 Å². The van der Waals surface area contributed by atoms with Crippen molar-refractivity contribution in [3.05, 3.63) is 29.1 Å². The molecule has 0 radical (unpaired) electrons. The van der Waals surface area contributed by atoms with Gasteiger partial charge in [0.15, 0.2) is 0 Å². The second-order valence-electron chi connectivity index (χ2n) is 4.10. The highest BCUT2D eigenvalue weighted by molar-refractivity contribution is 5.88. The lowest BCUT2D eigenvalue weighted by Crippen LogP contribution is -2.06. The predicted molar refractivity (Wildman–Crippen MR) is 54.6 cm³/mol. The van der Waals surface area contributed by atoms with Crippen LogP contribution >= 0.6 is 0 Å². The van der Waals surface area contributed by atoms with Gasteiger partial charge in [0.05, 0.1) is 6.10 Å². The molecule has 0 N–H and O–H groups in total.